The summed E-state index contributed by atoms with van der Waals surface area (Å²) in [4.78, 5) is 12.3. The van der Waals surface area contributed by atoms with Crippen molar-refractivity contribution in [1.82, 2.24) is 15.2 Å². The lowest BCUT2D eigenvalue weighted by Crippen LogP contribution is -2.13. The van der Waals surface area contributed by atoms with E-state index in [0.717, 1.165) is 0 Å². The number of nitrogens with one attached hydrogen (secondary N) is 1. The van der Waals surface area contributed by atoms with Gasteiger partial charge in [0.2, 0.25) is 0 Å². The predicted octanol–water partition coefficient (Wildman–Crippen LogP) is -0.999. The van der Waals surface area contributed by atoms with E-state index in [9.17, 15) is 9.90 Å². The van der Waals surface area contributed by atoms with E-state index in [1.54, 1.807) is 0 Å². The highest BCUT2D eigenvalue weighted by Gasteiger charge is 1.91. The highest BCUT2D eigenvalue weighted by atomic mass is 79.9. The SMILES string of the molecule is O=c1[nH]c([O-])nnc1Br. The van der Waals surface area contributed by atoms with Gasteiger partial charge in [-0.2, -0.15) is 0 Å². The fraction of sp³-hybridized carbons (Fsp3) is 0. The molecule has 0 saturated heterocycles. The van der Waals surface area contributed by atoms with Gasteiger partial charge in [-0.25, -0.2) is 0 Å². The number of aromatic amines is 1. The molecule has 0 amide bonds. The zero-order valence-corrected chi connectivity index (χ0v) is 5.67. The molecule has 9 heavy (non-hydrogen) atoms. The molecule has 0 fully saturated rings. The van der Waals surface area contributed by atoms with Crippen LogP contribution in [0.1, 0.15) is 0 Å². The topological polar surface area (TPSA) is 81.7 Å². The number of halogens is 1. The molecule has 0 spiro atoms. The first-order valence-corrected chi connectivity index (χ1v) is 2.79. The van der Waals surface area contributed by atoms with Crippen molar-refractivity contribution >= 4 is 15.9 Å². The van der Waals surface area contributed by atoms with Gasteiger partial charge in [0.05, 0.1) is 6.01 Å². The van der Waals surface area contributed by atoms with E-state index in [-0.39, 0.29) is 4.60 Å². The molecule has 0 unspecified atom stereocenters. The first-order chi connectivity index (χ1) is 4.20. The van der Waals surface area contributed by atoms with Gasteiger partial charge in [-0.1, -0.05) is 0 Å². The molecule has 0 atom stereocenters. The molecule has 5 nitrogen and oxygen atoms in total. The van der Waals surface area contributed by atoms with Crippen molar-refractivity contribution in [3.8, 4) is 6.01 Å². The molecule has 0 aliphatic carbocycles. The summed E-state index contributed by atoms with van der Waals surface area (Å²) in [5.74, 6) is 0. The second-order valence-corrected chi connectivity index (χ2v) is 2.00. The van der Waals surface area contributed by atoms with E-state index >= 15 is 0 Å². The van der Waals surface area contributed by atoms with Crippen molar-refractivity contribution < 1.29 is 5.11 Å². The van der Waals surface area contributed by atoms with Gasteiger partial charge < -0.3 is 10.1 Å². The maximum atomic E-state index is 10.4. The minimum absolute atomic E-state index is 0.0158. The summed E-state index contributed by atoms with van der Waals surface area (Å²) in [5.41, 5.74) is -0.560. The zero-order valence-electron chi connectivity index (χ0n) is 4.09. The highest BCUT2D eigenvalue weighted by Crippen LogP contribution is 1.93. The molecule has 1 rings (SSSR count). The van der Waals surface area contributed by atoms with E-state index in [2.05, 4.69) is 26.1 Å². The van der Waals surface area contributed by atoms with Crippen LogP contribution in [0, 0.1) is 0 Å². The fourth-order valence-electron chi connectivity index (χ4n) is 0.308. The molecular weight excluding hydrogens is 190 g/mol. The van der Waals surface area contributed by atoms with Crippen LogP contribution >= 0.6 is 15.9 Å². The van der Waals surface area contributed by atoms with E-state index in [0.29, 0.717) is 0 Å². The van der Waals surface area contributed by atoms with Crippen molar-refractivity contribution in [3.63, 3.8) is 0 Å². The van der Waals surface area contributed by atoms with Gasteiger partial charge in [-0.3, -0.25) is 4.79 Å². The lowest BCUT2D eigenvalue weighted by atomic mass is 10.8. The largest absolute Gasteiger partial charge is 0.844 e. The van der Waals surface area contributed by atoms with Crippen molar-refractivity contribution in [2.45, 2.75) is 0 Å². The van der Waals surface area contributed by atoms with E-state index in [4.69, 9.17) is 0 Å². The quantitative estimate of drug-likeness (QED) is 0.570. The summed E-state index contributed by atoms with van der Waals surface area (Å²) < 4.78 is 0.0158. The summed E-state index contributed by atoms with van der Waals surface area (Å²) in [5, 5.41) is 16.4. The third-order valence-corrected chi connectivity index (χ3v) is 1.16. The normalized spacial score (nSPS) is 9.44. The maximum absolute atomic E-state index is 10.4. The Morgan fingerprint density at radius 3 is 2.67 bits per heavy atom. The summed E-state index contributed by atoms with van der Waals surface area (Å²) in [6, 6.07) is -0.733. The van der Waals surface area contributed by atoms with Gasteiger partial charge >= 0.3 is 0 Å². The Hall–Kier alpha value is -0.910. The van der Waals surface area contributed by atoms with Crippen molar-refractivity contribution in [1.29, 1.82) is 0 Å². The Morgan fingerprint density at radius 1 is 1.56 bits per heavy atom. The molecule has 1 heterocycles. The molecule has 0 aromatic carbocycles. The van der Waals surface area contributed by atoms with Crippen LogP contribution in [0.2, 0.25) is 0 Å². The number of hydrogen-bond donors (Lipinski definition) is 1. The number of aromatic nitrogens is 3. The lowest BCUT2D eigenvalue weighted by Gasteiger charge is -1.97. The summed E-state index contributed by atoms with van der Waals surface area (Å²) in [6.45, 7) is 0. The van der Waals surface area contributed by atoms with Gasteiger partial charge in [-0.15, -0.1) is 10.2 Å². The van der Waals surface area contributed by atoms with E-state index in [1.807, 2.05) is 4.98 Å². The fourth-order valence-corrected chi connectivity index (χ4v) is 0.487. The molecule has 48 valence electrons. The van der Waals surface area contributed by atoms with Crippen LogP contribution in [0.3, 0.4) is 0 Å². The van der Waals surface area contributed by atoms with Crippen LogP contribution in [0.25, 0.3) is 0 Å². The molecular formula is C3HBrN3O2-. The first-order valence-electron chi connectivity index (χ1n) is 1.99. The Balaban J connectivity index is 3.34. The summed E-state index contributed by atoms with van der Waals surface area (Å²) >= 11 is 2.77. The second-order valence-electron chi connectivity index (χ2n) is 1.25. The number of rotatable bonds is 0. The molecule has 1 aromatic heterocycles. The lowest BCUT2D eigenvalue weighted by molar-refractivity contribution is -0.283. The molecule has 6 heteroatoms. The number of H-pyrrole nitrogens is 1. The molecule has 0 bridgehead atoms. The second kappa shape index (κ2) is 2.14. The Labute approximate surface area is 57.9 Å². The van der Waals surface area contributed by atoms with Crippen molar-refractivity contribution in [2.24, 2.45) is 0 Å². The number of nitrogens with zero attached hydrogens (tertiary/aromatic N) is 2. The summed E-state index contributed by atoms with van der Waals surface area (Å²) in [6.07, 6.45) is 0. The smallest absolute Gasteiger partial charge is 0.283 e. The maximum Gasteiger partial charge on any atom is 0.283 e. The molecule has 0 aliphatic heterocycles. The Kier molecular flexibility index (Phi) is 1.48. The standard InChI is InChI=1S/C3H2BrN3O2/c4-1-2(8)5-3(9)7-6-1/h(H2,5,7,8,9)/p-1. The van der Waals surface area contributed by atoms with E-state index < -0.39 is 11.6 Å². The molecule has 1 N–H and O–H groups in total. The van der Waals surface area contributed by atoms with E-state index in [1.165, 1.54) is 0 Å². The van der Waals surface area contributed by atoms with Gasteiger partial charge in [0.25, 0.3) is 5.56 Å². The summed E-state index contributed by atoms with van der Waals surface area (Å²) in [7, 11) is 0. The van der Waals surface area contributed by atoms with Gasteiger partial charge in [0, 0.05) is 0 Å². The minimum atomic E-state index is -0.733. The van der Waals surface area contributed by atoms with Crippen LogP contribution in [-0.2, 0) is 0 Å². The zero-order chi connectivity index (χ0) is 6.85. The predicted molar refractivity (Wildman–Crippen MR) is 29.8 cm³/mol. The monoisotopic (exact) mass is 190 g/mol. The van der Waals surface area contributed by atoms with Crippen LogP contribution in [0.5, 0.6) is 6.01 Å². The van der Waals surface area contributed by atoms with Crippen LogP contribution in [-0.4, -0.2) is 15.2 Å². The van der Waals surface area contributed by atoms with Crippen molar-refractivity contribution in [2.75, 3.05) is 0 Å². The molecule has 0 aliphatic rings. The highest BCUT2D eigenvalue weighted by molar-refractivity contribution is 9.10. The third-order valence-electron chi connectivity index (χ3n) is 0.636. The third kappa shape index (κ3) is 1.26. The van der Waals surface area contributed by atoms with Gasteiger partial charge in [0.15, 0.2) is 4.60 Å². The van der Waals surface area contributed by atoms with Crippen molar-refractivity contribution in [3.05, 3.63) is 15.0 Å². The first kappa shape index (κ1) is 6.21. The van der Waals surface area contributed by atoms with Crippen LogP contribution in [0.15, 0.2) is 9.40 Å². The van der Waals surface area contributed by atoms with Gasteiger partial charge in [-0.05, 0) is 15.9 Å². The molecule has 0 saturated carbocycles. The Bertz CT molecular complexity index is 270. The Morgan fingerprint density at radius 2 is 2.22 bits per heavy atom. The van der Waals surface area contributed by atoms with Crippen LogP contribution in [0.4, 0.5) is 0 Å². The molecule has 1 aromatic rings. The van der Waals surface area contributed by atoms with Gasteiger partial charge in [0.1, 0.15) is 0 Å². The average molecular weight is 191 g/mol. The minimum Gasteiger partial charge on any atom is -0.844 e. The average Bonchev–Trinajstić information content (AvgIpc) is 1.80. The number of hydrogen-bond acceptors (Lipinski definition) is 4. The van der Waals surface area contributed by atoms with Crippen LogP contribution < -0.4 is 10.7 Å². The molecule has 0 radical (unpaired) electrons.